The Morgan fingerprint density at radius 3 is 2.60 bits per heavy atom. The lowest BCUT2D eigenvalue weighted by Gasteiger charge is -2.35. The number of ether oxygens (including phenoxy) is 1. The summed E-state index contributed by atoms with van der Waals surface area (Å²) in [5, 5.41) is 2.95. The molecule has 2 N–H and O–H groups in total. The number of hydrogen-bond donors (Lipinski definition) is 1. The largest absolute Gasteiger partial charge is 0.444 e. The van der Waals surface area contributed by atoms with E-state index >= 15 is 0 Å². The van der Waals surface area contributed by atoms with Crippen LogP contribution < -0.4 is 10.6 Å². The molecule has 0 atom stereocenters. The average molecular weight is 362 g/mol. The Kier molecular flexibility index (Phi) is 6.25. The quantitative estimate of drug-likeness (QED) is 0.833. The first kappa shape index (κ1) is 19.1. The van der Waals surface area contributed by atoms with Gasteiger partial charge in [-0.25, -0.2) is 9.78 Å². The number of nitrogens with two attached hydrogens (primary N) is 1. The molecule has 1 aliphatic rings. The van der Waals surface area contributed by atoms with Gasteiger partial charge in [0, 0.05) is 37.1 Å². The van der Waals surface area contributed by atoms with Crippen LogP contribution in [0.1, 0.15) is 26.5 Å². The normalized spacial score (nSPS) is 16.4. The third-order valence-electron chi connectivity index (χ3n) is 3.56. The van der Waals surface area contributed by atoms with Gasteiger partial charge in [0.05, 0.1) is 5.69 Å². The number of thiazole rings is 1. The number of rotatable bonds is 4. The fraction of sp³-hybridized carbons (Fsp3) is 0.444. The average Bonchev–Trinajstić information content (AvgIpc) is 3.03. The van der Waals surface area contributed by atoms with Crippen molar-refractivity contribution in [1.82, 2.24) is 9.88 Å². The number of carbonyl (C=O) groups is 1. The Labute approximate surface area is 153 Å². The lowest BCUT2D eigenvalue weighted by Crippen LogP contribution is -2.50. The van der Waals surface area contributed by atoms with Crippen molar-refractivity contribution in [3.8, 4) is 0 Å². The smallest absolute Gasteiger partial charge is 0.410 e. The molecule has 136 valence electrons. The van der Waals surface area contributed by atoms with Crippen LogP contribution in [0, 0.1) is 0 Å². The van der Waals surface area contributed by atoms with Crippen molar-refractivity contribution in [2.24, 2.45) is 5.73 Å². The summed E-state index contributed by atoms with van der Waals surface area (Å²) >= 11 is 1.59. The first-order chi connectivity index (χ1) is 11.8. The van der Waals surface area contributed by atoms with Crippen LogP contribution in [-0.4, -0.2) is 47.8 Å². The molecule has 2 heterocycles. The number of allylic oxidation sites excluding steroid dienone is 4. The number of amides is 1. The molecule has 1 amide bonds. The molecule has 25 heavy (non-hydrogen) atoms. The molecule has 1 saturated heterocycles. The van der Waals surface area contributed by atoms with Gasteiger partial charge in [0.25, 0.3) is 0 Å². The molecular formula is C18H26N4O2S. The van der Waals surface area contributed by atoms with E-state index < -0.39 is 5.60 Å². The molecule has 1 fully saturated rings. The summed E-state index contributed by atoms with van der Waals surface area (Å²) in [6, 6.07) is 0. The van der Waals surface area contributed by atoms with E-state index in [0.717, 1.165) is 29.5 Å². The van der Waals surface area contributed by atoms with Crippen molar-refractivity contribution in [3.05, 3.63) is 42.1 Å². The third kappa shape index (κ3) is 5.35. The van der Waals surface area contributed by atoms with Gasteiger partial charge in [0.15, 0.2) is 5.13 Å². The zero-order valence-corrected chi connectivity index (χ0v) is 15.9. The van der Waals surface area contributed by atoms with Crippen LogP contribution in [0.15, 0.2) is 36.4 Å². The van der Waals surface area contributed by atoms with Crippen LogP contribution in [0.5, 0.6) is 0 Å². The van der Waals surface area contributed by atoms with Crippen molar-refractivity contribution >= 4 is 28.1 Å². The standard InChI is InChI=1S/C18H26N4O2S/c1-5-6-14(7-8-19)15-13-25-16(20-15)21-9-11-22(12-10-21)17(23)24-18(2,3)4/h5-8,13H,1,9-12,19H2,2-4H3/b8-7-,14-6+. The minimum absolute atomic E-state index is 0.253. The minimum Gasteiger partial charge on any atom is -0.444 e. The number of nitrogens with zero attached hydrogens (tertiary/aromatic N) is 3. The van der Waals surface area contributed by atoms with Gasteiger partial charge < -0.3 is 20.3 Å². The highest BCUT2D eigenvalue weighted by molar-refractivity contribution is 7.13. The molecule has 1 aromatic rings. The second-order valence-corrected chi connectivity index (χ2v) is 7.52. The van der Waals surface area contributed by atoms with E-state index in [1.165, 1.54) is 6.20 Å². The first-order valence-corrected chi connectivity index (χ1v) is 9.12. The van der Waals surface area contributed by atoms with Crippen LogP contribution in [0.4, 0.5) is 9.93 Å². The predicted octanol–water partition coefficient (Wildman–Crippen LogP) is 3.24. The fourth-order valence-corrected chi connectivity index (χ4v) is 3.29. The number of hydrogen-bond acceptors (Lipinski definition) is 6. The summed E-state index contributed by atoms with van der Waals surface area (Å²) in [4.78, 5) is 20.8. The van der Waals surface area contributed by atoms with Gasteiger partial charge in [-0.05, 0) is 33.0 Å². The number of carbonyl (C=O) groups excluding carboxylic acids is 1. The maximum Gasteiger partial charge on any atom is 0.410 e. The van der Waals surface area contributed by atoms with E-state index in [1.807, 2.05) is 32.2 Å². The second-order valence-electron chi connectivity index (χ2n) is 6.69. The van der Waals surface area contributed by atoms with E-state index in [-0.39, 0.29) is 6.09 Å². The number of anilines is 1. The Bertz CT molecular complexity index is 665. The third-order valence-corrected chi connectivity index (χ3v) is 4.46. The van der Waals surface area contributed by atoms with Gasteiger partial charge in [0.1, 0.15) is 5.60 Å². The van der Waals surface area contributed by atoms with Gasteiger partial charge in [-0.1, -0.05) is 18.7 Å². The molecule has 1 aromatic heterocycles. The minimum atomic E-state index is -0.469. The van der Waals surface area contributed by atoms with Crippen LogP contribution in [0.25, 0.3) is 5.57 Å². The van der Waals surface area contributed by atoms with Gasteiger partial charge >= 0.3 is 6.09 Å². The molecule has 0 unspecified atom stereocenters. The van der Waals surface area contributed by atoms with E-state index in [4.69, 9.17) is 10.5 Å². The Hall–Kier alpha value is -2.28. The molecule has 0 saturated carbocycles. The van der Waals surface area contributed by atoms with Gasteiger partial charge in [0.2, 0.25) is 0 Å². The highest BCUT2D eigenvalue weighted by Gasteiger charge is 2.26. The van der Waals surface area contributed by atoms with Crippen molar-refractivity contribution in [2.75, 3.05) is 31.1 Å². The molecule has 6 nitrogen and oxygen atoms in total. The summed E-state index contributed by atoms with van der Waals surface area (Å²) < 4.78 is 5.43. The molecule has 7 heteroatoms. The summed E-state index contributed by atoms with van der Waals surface area (Å²) in [6.07, 6.45) is 6.64. The Morgan fingerprint density at radius 2 is 2.04 bits per heavy atom. The maximum atomic E-state index is 12.1. The summed E-state index contributed by atoms with van der Waals surface area (Å²) in [6.45, 7) is 12.1. The molecule has 0 aromatic carbocycles. The zero-order chi connectivity index (χ0) is 18.4. The molecule has 0 aliphatic carbocycles. The summed E-state index contributed by atoms with van der Waals surface area (Å²) in [5.74, 6) is 0. The van der Waals surface area contributed by atoms with E-state index in [9.17, 15) is 4.79 Å². The molecular weight excluding hydrogens is 336 g/mol. The number of piperazine rings is 1. The second kappa shape index (κ2) is 8.20. The SMILES string of the molecule is C=C/C=C(\C=C/N)c1csc(N2CCN(C(=O)OC(C)(C)C)CC2)n1. The molecule has 0 bridgehead atoms. The van der Waals surface area contributed by atoms with Crippen molar-refractivity contribution in [3.63, 3.8) is 0 Å². The molecule has 1 aliphatic heterocycles. The highest BCUT2D eigenvalue weighted by atomic mass is 32.1. The van der Waals surface area contributed by atoms with Crippen molar-refractivity contribution in [2.45, 2.75) is 26.4 Å². The molecule has 0 radical (unpaired) electrons. The first-order valence-electron chi connectivity index (χ1n) is 8.24. The lowest BCUT2D eigenvalue weighted by molar-refractivity contribution is 0.0240. The summed E-state index contributed by atoms with van der Waals surface area (Å²) in [7, 11) is 0. The van der Waals surface area contributed by atoms with Crippen molar-refractivity contribution < 1.29 is 9.53 Å². The lowest BCUT2D eigenvalue weighted by atomic mass is 10.2. The van der Waals surface area contributed by atoms with Crippen LogP contribution >= 0.6 is 11.3 Å². The topological polar surface area (TPSA) is 71.7 Å². The molecule has 0 spiro atoms. The zero-order valence-electron chi connectivity index (χ0n) is 15.1. The van der Waals surface area contributed by atoms with E-state index in [1.54, 1.807) is 28.4 Å². The van der Waals surface area contributed by atoms with E-state index in [0.29, 0.717) is 13.1 Å². The van der Waals surface area contributed by atoms with Gasteiger partial charge in [-0.15, -0.1) is 11.3 Å². The number of aromatic nitrogens is 1. The maximum absolute atomic E-state index is 12.1. The predicted molar refractivity (Wildman–Crippen MR) is 104 cm³/mol. The monoisotopic (exact) mass is 362 g/mol. The van der Waals surface area contributed by atoms with Crippen LogP contribution in [0.3, 0.4) is 0 Å². The van der Waals surface area contributed by atoms with Crippen LogP contribution in [0.2, 0.25) is 0 Å². The fourth-order valence-electron chi connectivity index (χ4n) is 2.41. The van der Waals surface area contributed by atoms with Gasteiger partial charge in [-0.2, -0.15) is 0 Å². The highest BCUT2D eigenvalue weighted by Crippen LogP contribution is 2.26. The van der Waals surface area contributed by atoms with Crippen molar-refractivity contribution in [1.29, 1.82) is 0 Å². The summed E-state index contributed by atoms with van der Waals surface area (Å²) in [5.41, 5.74) is 6.82. The Balaban J connectivity index is 1.98. The van der Waals surface area contributed by atoms with Gasteiger partial charge in [-0.3, -0.25) is 0 Å². The Morgan fingerprint density at radius 1 is 1.36 bits per heavy atom. The van der Waals surface area contributed by atoms with E-state index in [2.05, 4.69) is 16.5 Å². The van der Waals surface area contributed by atoms with Crippen LogP contribution in [-0.2, 0) is 4.74 Å². The molecule has 2 rings (SSSR count).